The minimum atomic E-state index is -0.276. The van der Waals surface area contributed by atoms with E-state index in [4.69, 9.17) is 17.3 Å². The molecule has 1 aromatic carbocycles. The van der Waals surface area contributed by atoms with Crippen LogP contribution in [0.1, 0.15) is 6.42 Å². The largest absolute Gasteiger partial charge is 0.330 e. The maximum Gasteiger partial charge on any atom is 0.151 e. The van der Waals surface area contributed by atoms with E-state index in [9.17, 15) is 4.39 Å². The number of pyridine rings is 1. The maximum atomic E-state index is 13.1. The van der Waals surface area contributed by atoms with Gasteiger partial charge in [-0.05, 0) is 59.2 Å². The van der Waals surface area contributed by atoms with Crippen molar-refractivity contribution in [1.82, 2.24) is 4.98 Å². The van der Waals surface area contributed by atoms with E-state index in [1.54, 1.807) is 24.4 Å². The highest BCUT2D eigenvalue weighted by Gasteiger charge is 2.14. The Morgan fingerprint density at radius 3 is 2.60 bits per heavy atom. The van der Waals surface area contributed by atoms with Crippen LogP contribution in [0.25, 0.3) is 0 Å². The zero-order chi connectivity index (χ0) is 14.5. The molecule has 0 bridgehead atoms. The van der Waals surface area contributed by atoms with Gasteiger partial charge in [0, 0.05) is 22.9 Å². The van der Waals surface area contributed by atoms with Gasteiger partial charge in [0.2, 0.25) is 0 Å². The predicted octanol–water partition coefficient (Wildman–Crippen LogP) is 4.12. The first-order valence-corrected chi connectivity index (χ1v) is 7.33. The van der Waals surface area contributed by atoms with E-state index in [2.05, 4.69) is 20.9 Å². The van der Waals surface area contributed by atoms with Crippen LogP contribution in [0.4, 0.5) is 15.9 Å². The van der Waals surface area contributed by atoms with Gasteiger partial charge < -0.3 is 10.6 Å². The lowest BCUT2D eigenvalue weighted by Gasteiger charge is -2.24. The molecule has 106 valence electrons. The molecule has 6 heteroatoms. The van der Waals surface area contributed by atoms with Gasteiger partial charge in [-0.15, -0.1) is 0 Å². The summed E-state index contributed by atoms with van der Waals surface area (Å²) in [6, 6.07) is 8.01. The Balaban J connectivity index is 2.38. The third-order valence-electron chi connectivity index (χ3n) is 2.77. The molecule has 0 spiro atoms. The number of rotatable bonds is 5. The van der Waals surface area contributed by atoms with Crippen molar-refractivity contribution in [2.75, 3.05) is 18.0 Å². The van der Waals surface area contributed by atoms with Crippen LogP contribution in [0, 0.1) is 5.82 Å². The highest BCUT2D eigenvalue weighted by Crippen LogP contribution is 2.31. The molecule has 3 nitrogen and oxygen atoms in total. The summed E-state index contributed by atoms with van der Waals surface area (Å²) in [5.41, 5.74) is 6.40. The van der Waals surface area contributed by atoms with Gasteiger partial charge >= 0.3 is 0 Å². The second-order valence-electron chi connectivity index (χ2n) is 4.23. The molecule has 0 aliphatic heterocycles. The van der Waals surface area contributed by atoms with Crippen molar-refractivity contribution in [3.05, 3.63) is 51.8 Å². The Bertz CT molecular complexity index is 577. The molecule has 2 N–H and O–H groups in total. The van der Waals surface area contributed by atoms with Crippen LogP contribution in [0.2, 0.25) is 5.02 Å². The summed E-state index contributed by atoms with van der Waals surface area (Å²) in [5, 5.41) is 0.528. The molecule has 0 saturated heterocycles. The van der Waals surface area contributed by atoms with Crippen LogP contribution in [0.5, 0.6) is 0 Å². The van der Waals surface area contributed by atoms with Crippen LogP contribution >= 0.6 is 27.5 Å². The molecule has 0 amide bonds. The molecular weight excluding hydrogens is 345 g/mol. The Kier molecular flexibility index (Phi) is 5.34. The van der Waals surface area contributed by atoms with Crippen LogP contribution in [0.3, 0.4) is 0 Å². The molecule has 2 aromatic rings. The van der Waals surface area contributed by atoms with Crippen molar-refractivity contribution < 1.29 is 4.39 Å². The number of nitrogens with zero attached hydrogens (tertiary/aromatic N) is 2. The first-order chi connectivity index (χ1) is 9.61. The Hall–Kier alpha value is -1.17. The van der Waals surface area contributed by atoms with E-state index in [1.165, 1.54) is 12.1 Å². The summed E-state index contributed by atoms with van der Waals surface area (Å²) in [4.78, 5) is 6.27. The second kappa shape index (κ2) is 7.02. The van der Waals surface area contributed by atoms with E-state index in [0.717, 1.165) is 16.6 Å². The van der Waals surface area contributed by atoms with Crippen molar-refractivity contribution in [2.24, 2.45) is 5.73 Å². The van der Waals surface area contributed by atoms with E-state index in [1.807, 2.05) is 4.90 Å². The average molecular weight is 359 g/mol. The Morgan fingerprint density at radius 1 is 1.30 bits per heavy atom. The molecule has 0 aliphatic rings. The average Bonchev–Trinajstić information content (AvgIpc) is 2.42. The predicted molar refractivity (Wildman–Crippen MR) is 84.0 cm³/mol. The summed E-state index contributed by atoms with van der Waals surface area (Å²) >= 11 is 9.57. The summed E-state index contributed by atoms with van der Waals surface area (Å²) < 4.78 is 13.9. The topological polar surface area (TPSA) is 42.1 Å². The van der Waals surface area contributed by atoms with Gasteiger partial charge in [-0.3, -0.25) is 0 Å². The summed E-state index contributed by atoms with van der Waals surface area (Å²) in [6.45, 7) is 1.22. The second-order valence-corrected chi connectivity index (χ2v) is 5.55. The smallest absolute Gasteiger partial charge is 0.151 e. The number of hydrogen-bond donors (Lipinski definition) is 1. The van der Waals surface area contributed by atoms with Crippen molar-refractivity contribution in [3.8, 4) is 0 Å². The Labute approximate surface area is 130 Å². The SMILES string of the molecule is NCCCN(c1ccc(F)cc1)c1ncc(Br)cc1Cl. The fourth-order valence-corrected chi connectivity index (χ4v) is 2.57. The highest BCUT2D eigenvalue weighted by atomic mass is 79.9. The number of aromatic nitrogens is 1. The lowest BCUT2D eigenvalue weighted by atomic mass is 10.2. The number of anilines is 2. The summed E-state index contributed by atoms with van der Waals surface area (Å²) in [7, 11) is 0. The highest BCUT2D eigenvalue weighted by molar-refractivity contribution is 9.10. The van der Waals surface area contributed by atoms with Gasteiger partial charge in [-0.1, -0.05) is 11.6 Å². The van der Waals surface area contributed by atoms with Crippen molar-refractivity contribution >= 4 is 39.0 Å². The molecule has 0 atom stereocenters. The zero-order valence-electron chi connectivity index (χ0n) is 10.7. The third kappa shape index (κ3) is 3.69. The normalized spacial score (nSPS) is 10.6. The number of hydrogen-bond acceptors (Lipinski definition) is 3. The lowest BCUT2D eigenvalue weighted by molar-refractivity contribution is 0.627. The van der Waals surface area contributed by atoms with E-state index in [-0.39, 0.29) is 5.82 Å². The minimum absolute atomic E-state index is 0.276. The third-order valence-corrected chi connectivity index (χ3v) is 3.48. The van der Waals surface area contributed by atoms with E-state index < -0.39 is 0 Å². The van der Waals surface area contributed by atoms with Gasteiger partial charge in [-0.2, -0.15) is 0 Å². The summed E-state index contributed by atoms with van der Waals surface area (Å²) in [5.74, 6) is 0.359. The minimum Gasteiger partial charge on any atom is -0.330 e. The van der Waals surface area contributed by atoms with Gasteiger partial charge in [0.1, 0.15) is 5.82 Å². The van der Waals surface area contributed by atoms with Crippen LogP contribution in [-0.4, -0.2) is 18.1 Å². The van der Waals surface area contributed by atoms with Gasteiger partial charge in [-0.25, -0.2) is 9.37 Å². The number of benzene rings is 1. The van der Waals surface area contributed by atoms with Gasteiger partial charge in [0.15, 0.2) is 5.82 Å². The van der Waals surface area contributed by atoms with Gasteiger partial charge in [0.25, 0.3) is 0 Å². The molecule has 0 radical (unpaired) electrons. The molecule has 0 aliphatic carbocycles. The first kappa shape index (κ1) is 15.2. The molecule has 1 aromatic heterocycles. The van der Waals surface area contributed by atoms with Crippen LogP contribution in [0.15, 0.2) is 41.0 Å². The molecule has 2 rings (SSSR count). The lowest BCUT2D eigenvalue weighted by Crippen LogP contribution is -2.22. The maximum absolute atomic E-state index is 13.1. The number of halogens is 3. The Morgan fingerprint density at radius 2 is 2.00 bits per heavy atom. The molecule has 0 saturated carbocycles. The van der Waals surface area contributed by atoms with Crippen molar-refractivity contribution in [1.29, 1.82) is 0 Å². The first-order valence-electron chi connectivity index (χ1n) is 6.16. The standard InChI is InChI=1S/C14H14BrClFN3/c15-10-8-13(16)14(19-9-10)20(7-1-6-18)12-4-2-11(17)3-5-12/h2-5,8-9H,1,6-7,18H2. The molecule has 0 unspecified atom stereocenters. The molecule has 1 heterocycles. The van der Waals surface area contributed by atoms with Crippen LogP contribution in [-0.2, 0) is 0 Å². The van der Waals surface area contributed by atoms with E-state index >= 15 is 0 Å². The quantitative estimate of drug-likeness (QED) is 0.874. The fourth-order valence-electron chi connectivity index (χ4n) is 1.83. The fraction of sp³-hybridized carbons (Fsp3) is 0.214. The van der Waals surface area contributed by atoms with Crippen molar-refractivity contribution in [2.45, 2.75) is 6.42 Å². The van der Waals surface area contributed by atoms with E-state index in [0.29, 0.717) is 23.9 Å². The zero-order valence-corrected chi connectivity index (χ0v) is 13.0. The van der Waals surface area contributed by atoms with Crippen molar-refractivity contribution in [3.63, 3.8) is 0 Å². The number of nitrogens with two attached hydrogens (primary N) is 1. The van der Waals surface area contributed by atoms with Gasteiger partial charge in [0.05, 0.1) is 5.02 Å². The molecular formula is C14H14BrClFN3. The summed E-state index contributed by atoms with van der Waals surface area (Å²) in [6.07, 6.45) is 2.46. The molecule has 0 fully saturated rings. The monoisotopic (exact) mass is 357 g/mol. The molecule has 20 heavy (non-hydrogen) atoms. The van der Waals surface area contributed by atoms with Crippen LogP contribution < -0.4 is 10.6 Å².